The lowest BCUT2D eigenvalue weighted by Crippen LogP contribution is -2.30. The highest BCUT2D eigenvalue weighted by Crippen LogP contribution is 2.08. The van der Waals surface area contributed by atoms with Crippen LogP contribution < -0.4 is 4.74 Å². The molecule has 1 aromatic rings. The minimum Gasteiger partial charge on any atom is -0.480 e. The summed E-state index contributed by atoms with van der Waals surface area (Å²) in [6.07, 6.45) is 2.77. The number of rotatable bonds is 4. The zero-order valence-electron chi connectivity index (χ0n) is 8.31. The van der Waals surface area contributed by atoms with E-state index < -0.39 is 0 Å². The van der Waals surface area contributed by atoms with Crippen molar-refractivity contribution in [2.75, 3.05) is 20.8 Å². The summed E-state index contributed by atoms with van der Waals surface area (Å²) in [6.45, 7) is -0.144. The number of hydroxylamine groups is 2. The fourth-order valence-corrected chi connectivity index (χ4v) is 0.810. The fraction of sp³-hybridized carbons (Fsp3) is 0.375. The smallest absolute Gasteiger partial charge is 0.283 e. The molecular formula is C8H10ClN3O3. The second-order valence-electron chi connectivity index (χ2n) is 2.55. The van der Waals surface area contributed by atoms with Gasteiger partial charge in [0.05, 0.1) is 19.5 Å². The van der Waals surface area contributed by atoms with Crippen molar-refractivity contribution in [1.29, 1.82) is 0 Å². The van der Waals surface area contributed by atoms with Crippen LogP contribution in [0.15, 0.2) is 12.4 Å². The number of ether oxygens (including phenoxy) is 1. The highest BCUT2D eigenvalue weighted by atomic mass is 35.5. The Morgan fingerprint density at radius 2 is 2.13 bits per heavy atom. The Kier molecular flexibility index (Phi) is 4.26. The Labute approximate surface area is 91.7 Å². The van der Waals surface area contributed by atoms with E-state index in [1.165, 1.54) is 26.6 Å². The van der Waals surface area contributed by atoms with Gasteiger partial charge in [0.2, 0.25) is 5.28 Å². The minimum absolute atomic E-state index is 0.127. The number of halogens is 1. The lowest BCUT2D eigenvalue weighted by molar-refractivity contribution is -0.170. The van der Waals surface area contributed by atoms with Crippen LogP contribution in [-0.2, 0) is 9.63 Å². The average Bonchev–Trinajstić information content (AvgIpc) is 2.26. The van der Waals surface area contributed by atoms with Gasteiger partial charge in [0, 0.05) is 7.05 Å². The zero-order valence-corrected chi connectivity index (χ0v) is 9.06. The fourth-order valence-electron chi connectivity index (χ4n) is 0.713. The lowest BCUT2D eigenvalue weighted by atomic mass is 10.6. The van der Waals surface area contributed by atoms with Gasteiger partial charge < -0.3 is 4.74 Å². The molecule has 0 saturated heterocycles. The first-order valence-corrected chi connectivity index (χ1v) is 4.42. The van der Waals surface area contributed by atoms with Crippen molar-refractivity contribution in [3.8, 4) is 5.75 Å². The molecule has 0 atom stereocenters. The molecule has 0 bridgehead atoms. The maximum absolute atomic E-state index is 11.2. The van der Waals surface area contributed by atoms with Gasteiger partial charge in [-0.2, -0.15) is 0 Å². The predicted octanol–water partition coefficient (Wildman–Crippen LogP) is 0.529. The van der Waals surface area contributed by atoms with E-state index in [0.29, 0.717) is 5.75 Å². The molecule has 0 unspecified atom stereocenters. The van der Waals surface area contributed by atoms with Crippen molar-refractivity contribution in [3.05, 3.63) is 17.7 Å². The monoisotopic (exact) mass is 231 g/mol. The van der Waals surface area contributed by atoms with E-state index in [-0.39, 0.29) is 17.8 Å². The van der Waals surface area contributed by atoms with Gasteiger partial charge in [0.15, 0.2) is 12.4 Å². The van der Waals surface area contributed by atoms with Crippen molar-refractivity contribution < 1.29 is 14.4 Å². The molecule has 6 nitrogen and oxygen atoms in total. The molecule has 1 aromatic heterocycles. The molecule has 0 N–H and O–H groups in total. The largest absolute Gasteiger partial charge is 0.480 e. The quantitative estimate of drug-likeness (QED) is 0.559. The van der Waals surface area contributed by atoms with Gasteiger partial charge in [-0.15, -0.1) is 0 Å². The van der Waals surface area contributed by atoms with Crippen LogP contribution in [0.1, 0.15) is 0 Å². The summed E-state index contributed by atoms with van der Waals surface area (Å²) < 4.78 is 5.09. The number of nitrogens with zero attached hydrogens (tertiary/aromatic N) is 3. The van der Waals surface area contributed by atoms with Crippen LogP contribution in [0.4, 0.5) is 0 Å². The van der Waals surface area contributed by atoms with Crippen molar-refractivity contribution in [3.63, 3.8) is 0 Å². The normalized spacial score (nSPS) is 9.80. The van der Waals surface area contributed by atoms with Crippen molar-refractivity contribution >= 4 is 17.5 Å². The number of aromatic nitrogens is 2. The third kappa shape index (κ3) is 3.69. The first-order valence-electron chi connectivity index (χ1n) is 4.04. The Hall–Kier alpha value is -1.40. The molecule has 0 radical (unpaired) electrons. The van der Waals surface area contributed by atoms with Crippen LogP contribution in [0.5, 0.6) is 5.75 Å². The summed E-state index contributed by atoms with van der Waals surface area (Å²) in [5, 5.41) is 1.19. The average molecular weight is 232 g/mol. The summed E-state index contributed by atoms with van der Waals surface area (Å²) >= 11 is 5.47. The highest BCUT2D eigenvalue weighted by molar-refractivity contribution is 6.28. The van der Waals surface area contributed by atoms with Gasteiger partial charge >= 0.3 is 0 Å². The molecule has 1 rings (SSSR count). The van der Waals surface area contributed by atoms with Crippen LogP contribution in [0, 0.1) is 0 Å². The van der Waals surface area contributed by atoms with Gasteiger partial charge in [0.25, 0.3) is 5.91 Å². The van der Waals surface area contributed by atoms with E-state index in [4.69, 9.17) is 16.3 Å². The van der Waals surface area contributed by atoms with Crippen LogP contribution in [0.2, 0.25) is 5.28 Å². The van der Waals surface area contributed by atoms with Gasteiger partial charge in [-0.1, -0.05) is 0 Å². The number of hydrogen-bond donors (Lipinski definition) is 0. The number of carbonyl (C=O) groups excluding carboxylic acids is 1. The Morgan fingerprint density at radius 1 is 1.53 bits per heavy atom. The second kappa shape index (κ2) is 5.47. The molecule has 0 saturated carbocycles. The maximum Gasteiger partial charge on any atom is 0.283 e. The molecule has 0 spiro atoms. The van der Waals surface area contributed by atoms with Crippen molar-refractivity contribution in [2.45, 2.75) is 0 Å². The van der Waals surface area contributed by atoms with Crippen LogP contribution in [0.3, 0.4) is 0 Å². The second-order valence-corrected chi connectivity index (χ2v) is 2.89. The molecule has 7 heteroatoms. The molecule has 0 aromatic carbocycles. The molecule has 0 fully saturated rings. The van der Waals surface area contributed by atoms with Crippen LogP contribution >= 0.6 is 11.6 Å². The number of hydrogen-bond acceptors (Lipinski definition) is 5. The third-order valence-electron chi connectivity index (χ3n) is 1.58. The first kappa shape index (κ1) is 11.7. The predicted molar refractivity (Wildman–Crippen MR) is 52.3 cm³/mol. The van der Waals surface area contributed by atoms with Crippen molar-refractivity contribution in [1.82, 2.24) is 15.0 Å². The Balaban J connectivity index is 2.43. The summed E-state index contributed by atoms with van der Waals surface area (Å²) in [4.78, 5) is 23.3. The number of amides is 1. The van der Waals surface area contributed by atoms with Crippen molar-refractivity contribution in [2.24, 2.45) is 0 Å². The van der Waals surface area contributed by atoms with Gasteiger partial charge in [-0.25, -0.2) is 15.0 Å². The summed E-state index contributed by atoms with van der Waals surface area (Å²) in [5.41, 5.74) is 0. The molecule has 15 heavy (non-hydrogen) atoms. The maximum atomic E-state index is 11.2. The third-order valence-corrected chi connectivity index (χ3v) is 1.78. The van der Waals surface area contributed by atoms with Gasteiger partial charge in [-0.05, 0) is 11.6 Å². The van der Waals surface area contributed by atoms with E-state index >= 15 is 0 Å². The summed E-state index contributed by atoms with van der Waals surface area (Å²) in [5.74, 6) is 0.0599. The summed E-state index contributed by atoms with van der Waals surface area (Å²) in [6, 6.07) is 0. The molecule has 0 aliphatic heterocycles. The van der Waals surface area contributed by atoms with E-state index in [0.717, 1.165) is 5.06 Å². The number of carbonyl (C=O) groups is 1. The molecule has 1 heterocycles. The highest BCUT2D eigenvalue weighted by Gasteiger charge is 2.08. The Bertz CT molecular complexity index is 330. The van der Waals surface area contributed by atoms with E-state index in [9.17, 15) is 4.79 Å². The van der Waals surface area contributed by atoms with Crippen LogP contribution in [0.25, 0.3) is 0 Å². The van der Waals surface area contributed by atoms with Crippen LogP contribution in [-0.4, -0.2) is 41.7 Å². The van der Waals surface area contributed by atoms with E-state index in [1.807, 2.05) is 0 Å². The molecule has 0 aliphatic rings. The SMILES string of the molecule is CON(C)C(=O)COc1cnc(Cl)nc1. The topological polar surface area (TPSA) is 64.5 Å². The standard InChI is InChI=1S/C8H10ClN3O3/c1-12(14-2)7(13)5-15-6-3-10-8(9)11-4-6/h3-4H,5H2,1-2H3. The molecular weight excluding hydrogens is 222 g/mol. The number of likely N-dealkylation sites (N-methyl/N-ethyl adjacent to an activating group) is 1. The van der Waals surface area contributed by atoms with Gasteiger partial charge in [-0.3, -0.25) is 9.63 Å². The molecule has 1 amide bonds. The van der Waals surface area contributed by atoms with Gasteiger partial charge in [0.1, 0.15) is 0 Å². The first-order chi connectivity index (χ1) is 7.13. The molecule has 82 valence electrons. The zero-order chi connectivity index (χ0) is 11.3. The molecule has 0 aliphatic carbocycles. The minimum atomic E-state index is -0.313. The lowest BCUT2D eigenvalue weighted by Gasteiger charge is -2.13. The summed E-state index contributed by atoms with van der Waals surface area (Å²) in [7, 11) is 2.88. The Morgan fingerprint density at radius 3 is 2.67 bits per heavy atom. The van der Waals surface area contributed by atoms with E-state index in [1.54, 1.807) is 0 Å². The van der Waals surface area contributed by atoms with E-state index in [2.05, 4.69) is 14.8 Å².